The van der Waals surface area contributed by atoms with Gasteiger partial charge in [0.2, 0.25) is 5.90 Å². The first-order chi connectivity index (χ1) is 13.4. The fraction of sp³-hybridized carbons (Fsp3) is 0.211. The second-order valence-electron chi connectivity index (χ2n) is 6.02. The van der Waals surface area contributed by atoms with E-state index in [9.17, 15) is 9.59 Å². The van der Waals surface area contributed by atoms with Crippen molar-refractivity contribution >= 4 is 35.4 Å². The number of furan rings is 1. The van der Waals surface area contributed by atoms with Crippen LogP contribution in [-0.2, 0) is 9.53 Å². The maximum absolute atomic E-state index is 12.3. The number of carboxylic acids is 1. The third kappa shape index (κ3) is 3.89. The third-order valence-electron chi connectivity index (χ3n) is 4.08. The average molecular weight is 384 g/mol. The van der Waals surface area contributed by atoms with Crippen molar-refractivity contribution in [2.24, 2.45) is 5.10 Å². The quantitative estimate of drug-likeness (QED) is 0.580. The number of nitrogens with zero attached hydrogens (tertiary/aromatic N) is 3. The molecule has 3 rings (SSSR count). The number of anilines is 2. The van der Waals surface area contributed by atoms with E-state index < -0.39 is 5.97 Å². The summed E-state index contributed by atoms with van der Waals surface area (Å²) in [5.41, 5.74) is 1.27. The monoisotopic (exact) mass is 384 g/mol. The Bertz CT molecular complexity index is 945. The minimum absolute atomic E-state index is 0.208. The lowest BCUT2D eigenvalue weighted by Gasteiger charge is -2.16. The van der Waals surface area contributed by atoms with Crippen LogP contribution in [0.25, 0.3) is 6.08 Å². The summed E-state index contributed by atoms with van der Waals surface area (Å²) in [7, 11) is 5.07. The molecule has 0 fully saturated rings. The van der Waals surface area contributed by atoms with Gasteiger partial charge in [0.15, 0.2) is 5.88 Å². The SMILES string of the molecule is CNCOC1=NN(C)C(=O)C1=Cc1ccc(N(C)c2ccc(C(=O)O)cc2)o1. The number of carbonyl (C=O) groups excluding carboxylic acids is 1. The molecule has 1 aliphatic rings. The minimum atomic E-state index is -0.981. The fourth-order valence-corrected chi connectivity index (χ4v) is 2.57. The molecule has 0 saturated heterocycles. The van der Waals surface area contributed by atoms with E-state index in [1.165, 1.54) is 17.1 Å². The van der Waals surface area contributed by atoms with Crippen molar-refractivity contribution in [3.63, 3.8) is 0 Å². The number of amides is 1. The van der Waals surface area contributed by atoms with E-state index in [0.717, 1.165) is 5.69 Å². The van der Waals surface area contributed by atoms with Crippen molar-refractivity contribution in [2.75, 3.05) is 32.8 Å². The van der Waals surface area contributed by atoms with Crippen LogP contribution in [0.2, 0.25) is 0 Å². The Morgan fingerprint density at radius 3 is 2.68 bits per heavy atom. The summed E-state index contributed by atoms with van der Waals surface area (Å²) in [5.74, 6) is -0.0591. The molecule has 2 heterocycles. The summed E-state index contributed by atoms with van der Waals surface area (Å²) in [4.78, 5) is 25.0. The molecule has 0 atom stereocenters. The molecule has 0 spiro atoms. The van der Waals surface area contributed by atoms with Crippen LogP contribution in [0.1, 0.15) is 16.1 Å². The van der Waals surface area contributed by atoms with Gasteiger partial charge in [-0.1, -0.05) is 0 Å². The van der Waals surface area contributed by atoms with E-state index in [4.69, 9.17) is 14.3 Å². The van der Waals surface area contributed by atoms with Crippen LogP contribution in [0.5, 0.6) is 0 Å². The zero-order chi connectivity index (χ0) is 20.3. The van der Waals surface area contributed by atoms with Crippen LogP contribution in [0, 0.1) is 0 Å². The summed E-state index contributed by atoms with van der Waals surface area (Å²) >= 11 is 0. The number of aromatic carboxylic acids is 1. The number of benzene rings is 1. The fourth-order valence-electron chi connectivity index (χ4n) is 2.57. The number of likely N-dealkylation sites (N-methyl/N-ethyl adjacent to an activating group) is 1. The normalized spacial score (nSPS) is 15.1. The Labute approximate surface area is 161 Å². The van der Waals surface area contributed by atoms with Gasteiger partial charge in [0.05, 0.1) is 5.56 Å². The van der Waals surface area contributed by atoms with Gasteiger partial charge in [0.1, 0.15) is 18.1 Å². The highest BCUT2D eigenvalue weighted by Gasteiger charge is 2.29. The van der Waals surface area contributed by atoms with E-state index in [-0.39, 0.29) is 24.1 Å². The maximum Gasteiger partial charge on any atom is 0.335 e. The van der Waals surface area contributed by atoms with E-state index in [1.54, 1.807) is 56.4 Å². The molecule has 0 unspecified atom stereocenters. The van der Waals surface area contributed by atoms with Crippen molar-refractivity contribution in [1.29, 1.82) is 0 Å². The molecule has 9 nitrogen and oxygen atoms in total. The Morgan fingerprint density at radius 1 is 1.32 bits per heavy atom. The van der Waals surface area contributed by atoms with E-state index in [2.05, 4.69) is 10.4 Å². The van der Waals surface area contributed by atoms with E-state index >= 15 is 0 Å². The van der Waals surface area contributed by atoms with E-state index in [0.29, 0.717) is 17.2 Å². The maximum atomic E-state index is 12.3. The Morgan fingerprint density at radius 2 is 2.04 bits per heavy atom. The zero-order valence-corrected chi connectivity index (χ0v) is 15.7. The molecule has 146 valence electrons. The van der Waals surface area contributed by atoms with E-state index in [1.807, 2.05) is 0 Å². The lowest BCUT2D eigenvalue weighted by atomic mass is 10.2. The standard InChI is InChI=1S/C19H20N4O5/c1-20-11-27-17-15(18(24)23(3)21-17)10-14-8-9-16(28-14)22(2)13-6-4-12(5-7-13)19(25)26/h4-10,20H,11H2,1-3H3,(H,25,26). The van der Waals surface area contributed by atoms with Gasteiger partial charge >= 0.3 is 5.97 Å². The Hall–Kier alpha value is -3.59. The van der Waals surface area contributed by atoms with Gasteiger partial charge in [0.25, 0.3) is 5.91 Å². The van der Waals surface area contributed by atoms with Crippen molar-refractivity contribution < 1.29 is 23.8 Å². The number of nitrogens with one attached hydrogen (secondary N) is 1. The Kier molecular flexibility index (Phi) is 5.46. The predicted molar refractivity (Wildman–Crippen MR) is 103 cm³/mol. The number of hydrogen-bond donors (Lipinski definition) is 2. The summed E-state index contributed by atoms with van der Waals surface area (Å²) < 4.78 is 11.3. The van der Waals surface area contributed by atoms with Gasteiger partial charge in [-0.05, 0) is 43.5 Å². The molecule has 0 aliphatic carbocycles. The highest BCUT2D eigenvalue weighted by Crippen LogP contribution is 2.27. The van der Waals surface area contributed by atoms with Crippen LogP contribution in [0.3, 0.4) is 0 Å². The van der Waals surface area contributed by atoms with Gasteiger partial charge in [0, 0.05) is 25.8 Å². The first kappa shape index (κ1) is 19.2. The molecule has 28 heavy (non-hydrogen) atoms. The van der Waals surface area contributed by atoms with Gasteiger partial charge in [-0.25, -0.2) is 9.80 Å². The molecule has 2 aromatic rings. The smallest absolute Gasteiger partial charge is 0.335 e. The molecule has 1 aromatic heterocycles. The third-order valence-corrected chi connectivity index (χ3v) is 4.08. The van der Waals surface area contributed by atoms with Crippen LogP contribution in [-0.4, -0.2) is 55.8 Å². The molecule has 0 bridgehead atoms. The topological polar surface area (TPSA) is 108 Å². The van der Waals surface area contributed by atoms with Crippen molar-refractivity contribution in [2.45, 2.75) is 0 Å². The molecule has 2 N–H and O–H groups in total. The molecule has 1 aromatic carbocycles. The van der Waals surface area contributed by atoms with Crippen molar-refractivity contribution in [1.82, 2.24) is 10.3 Å². The number of ether oxygens (including phenoxy) is 1. The van der Waals surface area contributed by atoms with Crippen molar-refractivity contribution in [3.8, 4) is 0 Å². The van der Waals surface area contributed by atoms with Crippen molar-refractivity contribution in [3.05, 3.63) is 53.3 Å². The highest BCUT2D eigenvalue weighted by molar-refractivity contribution is 6.24. The van der Waals surface area contributed by atoms with Crippen LogP contribution < -0.4 is 10.2 Å². The van der Waals surface area contributed by atoms with Gasteiger partial charge in [-0.15, -0.1) is 5.10 Å². The first-order valence-corrected chi connectivity index (χ1v) is 8.43. The second kappa shape index (κ2) is 7.97. The minimum Gasteiger partial charge on any atom is -0.478 e. The summed E-state index contributed by atoms with van der Waals surface area (Å²) in [6, 6.07) is 9.91. The van der Waals surface area contributed by atoms with Gasteiger partial charge in [-0.2, -0.15) is 0 Å². The van der Waals surface area contributed by atoms with Crippen LogP contribution >= 0.6 is 0 Å². The number of hydrazone groups is 1. The number of rotatable bonds is 6. The predicted octanol–water partition coefficient (Wildman–Crippen LogP) is 2.11. The number of hydrogen-bond acceptors (Lipinski definition) is 7. The molecule has 0 saturated carbocycles. The molecule has 9 heteroatoms. The molecule has 0 radical (unpaired) electrons. The van der Waals surface area contributed by atoms with Gasteiger partial charge in [-0.3, -0.25) is 10.1 Å². The first-order valence-electron chi connectivity index (χ1n) is 8.43. The second-order valence-corrected chi connectivity index (χ2v) is 6.02. The summed E-state index contributed by atoms with van der Waals surface area (Å²) in [6.07, 6.45) is 1.57. The number of carboxylic acid groups (broad SMARTS) is 1. The molecular formula is C19H20N4O5. The largest absolute Gasteiger partial charge is 0.478 e. The number of carbonyl (C=O) groups is 2. The van der Waals surface area contributed by atoms with Crippen LogP contribution in [0.15, 0.2) is 51.5 Å². The molecule has 1 aliphatic heterocycles. The molecular weight excluding hydrogens is 364 g/mol. The van der Waals surface area contributed by atoms with Gasteiger partial charge < -0.3 is 19.2 Å². The molecule has 1 amide bonds. The lowest BCUT2D eigenvalue weighted by molar-refractivity contribution is -0.124. The van der Waals surface area contributed by atoms with Crippen LogP contribution in [0.4, 0.5) is 11.6 Å². The lowest BCUT2D eigenvalue weighted by Crippen LogP contribution is -2.19. The summed E-state index contributed by atoms with van der Waals surface area (Å²) in [6.45, 7) is 0.218. The summed E-state index contributed by atoms with van der Waals surface area (Å²) in [5, 5.41) is 17.1. The Balaban J connectivity index is 1.81. The highest BCUT2D eigenvalue weighted by atomic mass is 16.5. The zero-order valence-electron chi connectivity index (χ0n) is 15.7. The average Bonchev–Trinajstić information content (AvgIpc) is 3.26.